The van der Waals surface area contributed by atoms with Gasteiger partial charge in [-0.05, 0) is 39.3 Å². The number of benzene rings is 2. The van der Waals surface area contributed by atoms with E-state index in [0.29, 0.717) is 22.7 Å². The molecule has 8 heteroatoms. The van der Waals surface area contributed by atoms with Crippen molar-refractivity contribution in [1.82, 2.24) is 0 Å². The largest absolute Gasteiger partial charge is 0.489 e. The molecule has 4 unspecified atom stereocenters. The predicted octanol–water partition coefficient (Wildman–Crippen LogP) is 5.12. The van der Waals surface area contributed by atoms with E-state index in [2.05, 4.69) is 4.99 Å². The Morgan fingerprint density at radius 2 is 1.53 bits per heavy atom. The van der Waals surface area contributed by atoms with Crippen molar-refractivity contribution < 1.29 is 23.8 Å². The van der Waals surface area contributed by atoms with Crippen LogP contribution in [0.15, 0.2) is 70.9 Å². The molecule has 0 saturated heterocycles. The summed E-state index contributed by atoms with van der Waals surface area (Å²) in [6.07, 6.45) is 0. The summed E-state index contributed by atoms with van der Waals surface area (Å²) in [6.45, 7) is 6.81. The topological polar surface area (TPSA) is 122 Å². The van der Waals surface area contributed by atoms with Crippen molar-refractivity contribution in [3.8, 4) is 17.9 Å². The van der Waals surface area contributed by atoms with E-state index in [4.69, 9.17) is 24.7 Å². The molecule has 0 saturated carbocycles. The third-order valence-electron chi connectivity index (χ3n) is 6.17. The van der Waals surface area contributed by atoms with E-state index in [0.717, 1.165) is 5.56 Å². The van der Waals surface area contributed by atoms with Crippen LogP contribution in [0.1, 0.15) is 44.7 Å². The van der Waals surface area contributed by atoms with Crippen LogP contribution >= 0.6 is 0 Å². The summed E-state index contributed by atoms with van der Waals surface area (Å²) in [4.78, 5) is 31.3. The maximum absolute atomic E-state index is 13.4. The number of nitrogens with zero attached hydrogens (tertiary/aromatic N) is 3. The highest BCUT2D eigenvalue weighted by Gasteiger charge is 2.43. The van der Waals surface area contributed by atoms with E-state index in [1.807, 2.05) is 54.6 Å². The summed E-state index contributed by atoms with van der Waals surface area (Å²) in [6, 6.07) is 21.0. The van der Waals surface area contributed by atoms with Gasteiger partial charge in [0.15, 0.2) is 0 Å². The van der Waals surface area contributed by atoms with Crippen molar-refractivity contribution in [2.45, 2.75) is 40.2 Å². The summed E-state index contributed by atoms with van der Waals surface area (Å²) < 4.78 is 17.2. The molecule has 196 valence electrons. The van der Waals surface area contributed by atoms with Gasteiger partial charge in [0.05, 0.1) is 29.5 Å². The van der Waals surface area contributed by atoms with Crippen LogP contribution in [0.2, 0.25) is 0 Å². The average Bonchev–Trinajstić information content (AvgIpc) is 2.93. The lowest BCUT2D eigenvalue weighted by Crippen LogP contribution is -2.37. The number of hydrogen-bond donors (Lipinski definition) is 0. The van der Waals surface area contributed by atoms with Gasteiger partial charge in [0, 0.05) is 22.9 Å². The van der Waals surface area contributed by atoms with Gasteiger partial charge in [-0.25, -0.2) is 4.79 Å². The van der Waals surface area contributed by atoms with Crippen molar-refractivity contribution in [3.63, 3.8) is 0 Å². The molecule has 0 radical (unpaired) electrons. The molecule has 0 bridgehead atoms. The fraction of sp³-hybridized carbons (Fsp3) is 0.367. The molecule has 1 aliphatic rings. The van der Waals surface area contributed by atoms with Crippen LogP contribution in [0.4, 0.5) is 0 Å². The minimum absolute atomic E-state index is 0.0832. The van der Waals surface area contributed by atoms with Crippen molar-refractivity contribution >= 4 is 17.7 Å². The first kappa shape index (κ1) is 28.1. The molecule has 38 heavy (non-hydrogen) atoms. The Bertz CT molecular complexity index is 1300. The summed E-state index contributed by atoms with van der Waals surface area (Å²) in [5, 5.41) is 18.3. The molecule has 0 N–H and O–H groups in total. The van der Waals surface area contributed by atoms with Gasteiger partial charge in [-0.1, -0.05) is 48.5 Å². The quantitative estimate of drug-likeness (QED) is 0.404. The van der Waals surface area contributed by atoms with Crippen LogP contribution in [0, 0.1) is 40.4 Å². The highest BCUT2D eigenvalue weighted by atomic mass is 16.5. The van der Waals surface area contributed by atoms with E-state index in [1.54, 1.807) is 39.8 Å². The number of aliphatic imine (C=N–C) groups is 1. The van der Waals surface area contributed by atoms with Crippen molar-refractivity contribution in [1.29, 1.82) is 10.5 Å². The molecule has 3 rings (SSSR count). The van der Waals surface area contributed by atoms with Gasteiger partial charge >= 0.3 is 11.9 Å². The Morgan fingerprint density at radius 3 is 2.18 bits per heavy atom. The Hall–Kier alpha value is -4.43. The summed E-state index contributed by atoms with van der Waals surface area (Å²) in [5.74, 6) is -3.50. The second kappa shape index (κ2) is 13.2. The minimum atomic E-state index is -0.943. The molecule has 0 aliphatic carbocycles. The molecule has 0 aromatic heterocycles. The van der Waals surface area contributed by atoms with Crippen LogP contribution in [0.3, 0.4) is 0 Å². The highest BCUT2D eigenvalue weighted by Crippen LogP contribution is 2.43. The molecule has 8 nitrogen and oxygen atoms in total. The molecule has 0 fully saturated rings. The van der Waals surface area contributed by atoms with Gasteiger partial charge in [0.1, 0.15) is 31.5 Å². The molecule has 4 atom stereocenters. The molecule has 1 aliphatic heterocycles. The van der Waals surface area contributed by atoms with Crippen molar-refractivity contribution in [2.75, 3.05) is 13.2 Å². The van der Waals surface area contributed by atoms with E-state index in [-0.39, 0.29) is 25.4 Å². The van der Waals surface area contributed by atoms with E-state index >= 15 is 0 Å². The number of para-hydroxylation sites is 1. The SMILES string of the molecule is CC1=NC(C)=C(C(=O)OCC(C)C#N)C(c2ccccc2OCc2ccccc2)C1C(=O)OCC(C)C#N. The van der Waals surface area contributed by atoms with E-state index in [1.165, 1.54) is 0 Å². The van der Waals surface area contributed by atoms with Gasteiger partial charge in [-0.3, -0.25) is 9.79 Å². The molecule has 0 spiro atoms. The number of ether oxygens (including phenoxy) is 3. The van der Waals surface area contributed by atoms with Crippen LogP contribution in [-0.2, 0) is 25.7 Å². The standard InChI is InChI=1S/C30H31N3O5/c1-19(14-31)16-37-29(34)26-21(3)33-22(4)27(30(35)38-17-20(2)15-32)28(26)24-12-8-9-13-25(24)36-18-23-10-6-5-7-11-23/h5-13,19-20,26,28H,16-18H2,1-4H3. The number of hydrogen-bond acceptors (Lipinski definition) is 8. The second-order valence-electron chi connectivity index (χ2n) is 9.31. The van der Waals surface area contributed by atoms with Gasteiger partial charge in [-0.15, -0.1) is 0 Å². The van der Waals surface area contributed by atoms with Crippen molar-refractivity contribution in [3.05, 3.63) is 77.0 Å². The number of esters is 2. The first-order valence-corrected chi connectivity index (χ1v) is 12.4. The van der Waals surface area contributed by atoms with Gasteiger partial charge in [-0.2, -0.15) is 10.5 Å². The van der Waals surface area contributed by atoms with Crippen LogP contribution in [-0.4, -0.2) is 30.9 Å². The normalized spacial score (nSPS) is 18.3. The lowest BCUT2D eigenvalue weighted by molar-refractivity contribution is -0.147. The first-order valence-electron chi connectivity index (χ1n) is 12.4. The molecule has 0 amide bonds. The Morgan fingerprint density at radius 1 is 0.921 bits per heavy atom. The van der Waals surface area contributed by atoms with Gasteiger partial charge in [0.2, 0.25) is 0 Å². The van der Waals surface area contributed by atoms with Crippen LogP contribution in [0.5, 0.6) is 5.75 Å². The zero-order valence-corrected chi connectivity index (χ0v) is 22.0. The lowest BCUT2D eigenvalue weighted by atomic mass is 9.75. The van der Waals surface area contributed by atoms with Gasteiger partial charge < -0.3 is 14.2 Å². The Labute approximate surface area is 223 Å². The van der Waals surface area contributed by atoms with Crippen LogP contribution < -0.4 is 4.74 Å². The Balaban J connectivity index is 2.05. The number of rotatable bonds is 10. The summed E-state index contributed by atoms with van der Waals surface area (Å²) >= 11 is 0. The monoisotopic (exact) mass is 513 g/mol. The Kier molecular flexibility index (Phi) is 9.79. The zero-order chi connectivity index (χ0) is 27.7. The number of allylic oxidation sites excluding steroid dienone is 1. The summed E-state index contributed by atoms with van der Waals surface area (Å²) in [7, 11) is 0. The average molecular weight is 514 g/mol. The smallest absolute Gasteiger partial charge is 0.336 e. The molecule has 2 aromatic rings. The maximum Gasteiger partial charge on any atom is 0.336 e. The zero-order valence-electron chi connectivity index (χ0n) is 22.0. The molecular weight excluding hydrogens is 482 g/mol. The first-order chi connectivity index (χ1) is 18.3. The van der Waals surface area contributed by atoms with E-state index < -0.39 is 35.6 Å². The fourth-order valence-electron chi connectivity index (χ4n) is 4.20. The van der Waals surface area contributed by atoms with Gasteiger partial charge in [0.25, 0.3) is 0 Å². The summed E-state index contributed by atoms with van der Waals surface area (Å²) in [5.41, 5.74) is 2.65. The minimum Gasteiger partial charge on any atom is -0.489 e. The molecular formula is C30H31N3O5. The van der Waals surface area contributed by atoms with E-state index in [9.17, 15) is 9.59 Å². The number of carbonyl (C=O) groups excluding carboxylic acids is 2. The lowest BCUT2D eigenvalue weighted by Gasteiger charge is -2.32. The third kappa shape index (κ3) is 6.86. The van der Waals surface area contributed by atoms with Crippen molar-refractivity contribution in [2.24, 2.45) is 22.7 Å². The number of carbonyl (C=O) groups is 2. The fourth-order valence-corrected chi connectivity index (χ4v) is 4.20. The second-order valence-corrected chi connectivity index (χ2v) is 9.31. The molecule has 1 heterocycles. The molecule has 2 aromatic carbocycles. The highest BCUT2D eigenvalue weighted by molar-refractivity contribution is 6.07. The third-order valence-corrected chi connectivity index (χ3v) is 6.17. The predicted molar refractivity (Wildman–Crippen MR) is 141 cm³/mol. The van der Waals surface area contributed by atoms with Crippen LogP contribution in [0.25, 0.3) is 0 Å². The number of nitriles is 2. The maximum atomic E-state index is 13.4.